The zero-order valence-corrected chi connectivity index (χ0v) is 13.3. The van der Waals surface area contributed by atoms with Gasteiger partial charge in [-0.15, -0.1) is 0 Å². The Labute approximate surface area is 129 Å². The lowest BCUT2D eigenvalue weighted by Gasteiger charge is -2.11. The van der Waals surface area contributed by atoms with Crippen molar-refractivity contribution in [3.8, 4) is 11.5 Å². The number of thiocarbonyl (C=S) groups is 1. The van der Waals surface area contributed by atoms with Crippen LogP contribution >= 0.6 is 23.8 Å². The van der Waals surface area contributed by atoms with E-state index in [0.717, 1.165) is 6.54 Å². The van der Waals surface area contributed by atoms with Crippen LogP contribution in [0.1, 0.15) is 19.4 Å². The topological polar surface area (TPSA) is 54.9 Å². The van der Waals surface area contributed by atoms with Gasteiger partial charge in [-0.3, -0.25) is 5.43 Å². The molecule has 0 aromatic heterocycles. The van der Waals surface area contributed by atoms with Crippen LogP contribution in [-0.4, -0.2) is 31.6 Å². The van der Waals surface area contributed by atoms with E-state index in [9.17, 15) is 0 Å². The lowest BCUT2D eigenvalue weighted by molar-refractivity contribution is 0.311. The van der Waals surface area contributed by atoms with Crippen LogP contribution in [0.2, 0.25) is 5.02 Å². The first-order valence-corrected chi connectivity index (χ1v) is 6.98. The Balaban J connectivity index is 2.86. The standard InChI is InChI=1S/C13H18ClN3O2S/c1-4-15-13(20)17-16-8-9-6-12(19-5-2)11(18-3)7-10(9)14/h6-8H,4-5H2,1-3H3,(H2,15,17,20)/b16-8-. The fourth-order valence-corrected chi connectivity index (χ4v) is 1.84. The molecular weight excluding hydrogens is 298 g/mol. The molecule has 0 aliphatic carbocycles. The summed E-state index contributed by atoms with van der Waals surface area (Å²) in [6.07, 6.45) is 1.58. The van der Waals surface area contributed by atoms with Crippen LogP contribution in [0.15, 0.2) is 17.2 Å². The van der Waals surface area contributed by atoms with Crippen LogP contribution < -0.4 is 20.2 Å². The van der Waals surface area contributed by atoms with Crippen molar-refractivity contribution in [3.63, 3.8) is 0 Å². The van der Waals surface area contributed by atoms with Gasteiger partial charge in [-0.2, -0.15) is 5.10 Å². The van der Waals surface area contributed by atoms with E-state index in [1.54, 1.807) is 25.5 Å². The van der Waals surface area contributed by atoms with Gasteiger partial charge in [0.25, 0.3) is 0 Å². The largest absolute Gasteiger partial charge is 0.493 e. The fraction of sp³-hybridized carbons (Fsp3) is 0.385. The number of halogens is 1. The zero-order chi connectivity index (χ0) is 15.0. The third kappa shape index (κ3) is 4.86. The maximum absolute atomic E-state index is 6.15. The molecule has 0 fully saturated rings. The molecule has 0 aliphatic heterocycles. The molecule has 2 N–H and O–H groups in total. The highest BCUT2D eigenvalue weighted by Crippen LogP contribution is 2.32. The van der Waals surface area contributed by atoms with E-state index in [2.05, 4.69) is 15.8 Å². The number of hydrogen-bond acceptors (Lipinski definition) is 4. The lowest BCUT2D eigenvalue weighted by Crippen LogP contribution is -2.31. The number of ether oxygens (including phenoxy) is 2. The van der Waals surface area contributed by atoms with Crippen LogP contribution in [-0.2, 0) is 0 Å². The minimum absolute atomic E-state index is 0.457. The van der Waals surface area contributed by atoms with Crippen molar-refractivity contribution in [1.82, 2.24) is 10.7 Å². The quantitative estimate of drug-likeness (QED) is 0.480. The first-order valence-electron chi connectivity index (χ1n) is 6.19. The average molecular weight is 316 g/mol. The maximum atomic E-state index is 6.15. The molecule has 0 bridgehead atoms. The van der Waals surface area contributed by atoms with Gasteiger partial charge in [0.05, 0.1) is 25.0 Å². The monoisotopic (exact) mass is 315 g/mol. The van der Waals surface area contributed by atoms with Crippen LogP contribution in [0, 0.1) is 0 Å². The van der Waals surface area contributed by atoms with Crippen molar-refractivity contribution in [1.29, 1.82) is 0 Å². The number of rotatable bonds is 6. The Morgan fingerprint density at radius 1 is 1.40 bits per heavy atom. The number of hydrogen-bond donors (Lipinski definition) is 2. The van der Waals surface area contributed by atoms with E-state index >= 15 is 0 Å². The predicted octanol–water partition coefficient (Wildman–Crippen LogP) is 2.57. The van der Waals surface area contributed by atoms with Crippen LogP contribution in [0.4, 0.5) is 0 Å². The van der Waals surface area contributed by atoms with E-state index in [4.69, 9.17) is 33.3 Å². The smallest absolute Gasteiger partial charge is 0.186 e. The van der Waals surface area contributed by atoms with Gasteiger partial charge in [0.2, 0.25) is 0 Å². The first-order chi connectivity index (χ1) is 9.62. The van der Waals surface area contributed by atoms with Crippen LogP contribution in [0.5, 0.6) is 11.5 Å². The van der Waals surface area contributed by atoms with Gasteiger partial charge in [-0.25, -0.2) is 0 Å². The molecule has 110 valence electrons. The summed E-state index contributed by atoms with van der Waals surface area (Å²) in [4.78, 5) is 0. The minimum Gasteiger partial charge on any atom is -0.493 e. The summed E-state index contributed by atoms with van der Waals surface area (Å²) in [6, 6.07) is 3.46. The summed E-state index contributed by atoms with van der Waals surface area (Å²) in [6.45, 7) is 5.13. The molecular formula is C13H18ClN3O2S. The van der Waals surface area contributed by atoms with E-state index in [1.807, 2.05) is 13.8 Å². The van der Waals surface area contributed by atoms with Crippen molar-refractivity contribution in [2.75, 3.05) is 20.3 Å². The SMILES string of the molecule is CCNC(=S)N/N=C\c1cc(OCC)c(OC)cc1Cl. The molecule has 0 radical (unpaired) electrons. The van der Waals surface area contributed by atoms with Gasteiger partial charge in [-0.1, -0.05) is 11.6 Å². The summed E-state index contributed by atoms with van der Waals surface area (Å²) in [5.74, 6) is 1.21. The summed E-state index contributed by atoms with van der Waals surface area (Å²) < 4.78 is 10.7. The van der Waals surface area contributed by atoms with Gasteiger partial charge in [0, 0.05) is 18.2 Å². The molecule has 0 amide bonds. The second kappa shape index (κ2) is 8.60. The van der Waals surface area contributed by atoms with E-state index in [-0.39, 0.29) is 0 Å². The highest BCUT2D eigenvalue weighted by Gasteiger charge is 2.09. The molecule has 0 heterocycles. The summed E-state index contributed by atoms with van der Waals surface area (Å²) in [7, 11) is 1.57. The second-order valence-corrected chi connectivity index (χ2v) is 4.50. The molecule has 0 spiro atoms. The molecule has 0 unspecified atom stereocenters. The Kier molecular flexibility index (Phi) is 7.11. The second-order valence-electron chi connectivity index (χ2n) is 3.69. The lowest BCUT2D eigenvalue weighted by atomic mass is 10.2. The summed E-state index contributed by atoms with van der Waals surface area (Å²) in [5.41, 5.74) is 3.41. The molecule has 1 aromatic rings. The predicted molar refractivity (Wildman–Crippen MR) is 86.2 cm³/mol. The van der Waals surface area contributed by atoms with Crippen LogP contribution in [0.3, 0.4) is 0 Å². The Morgan fingerprint density at radius 3 is 2.75 bits per heavy atom. The van der Waals surface area contributed by atoms with E-state index in [0.29, 0.717) is 33.8 Å². The van der Waals surface area contributed by atoms with Crippen molar-refractivity contribution in [2.45, 2.75) is 13.8 Å². The van der Waals surface area contributed by atoms with E-state index < -0.39 is 0 Å². The molecule has 0 atom stereocenters. The van der Waals surface area contributed by atoms with Crippen LogP contribution in [0.25, 0.3) is 0 Å². The van der Waals surface area contributed by atoms with E-state index in [1.165, 1.54) is 0 Å². The first kappa shape index (κ1) is 16.5. The minimum atomic E-state index is 0.457. The molecule has 1 aromatic carbocycles. The Hall–Kier alpha value is -1.53. The molecule has 0 saturated heterocycles. The zero-order valence-electron chi connectivity index (χ0n) is 11.7. The average Bonchev–Trinajstić information content (AvgIpc) is 2.42. The van der Waals surface area contributed by atoms with Crippen molar-refractivity contribution in [3.05, 3.63) is 22.7 Å². The number of nitrogens with one attached hydrogen (secondary N) is 2. The maximum Gasteiger partial charge on any atom is 0.186 e. The summed E-state index contributed by atoms with van der Waals surface area (Å²) >= 11 is 11.1. The third-order valence-electron chi connectivity index (χ3n) is 2.29. The van der Waals surface area contributed by atoms with Crippen molar-refractivity contribution in [2.24, 2.45) is 5.10 Å². The third-order valence-corrected chi connectivity index (χ3v) is 2.85. The number of hydrazone groups is 1. The Bertz CT molecular complexity index is 495. The van der Waals surface area contributed by atoms with Gasteiger partial charge in [0.1, 0.15) is 0 Å². The molecule has 7 heteroatoms. The molecule has 1 rings (SSSR count). The highest BCUT2D eigenvalue weighted by atomic mass is 35.5. The van der Waals surface area contributed by atoms with Crippen molar-refractivity contribution < 1.29 is 9.47 Å². The molecule has 5 nitrogen and oxygen atoms in total. The molecule has 20 heavy (non-hydrogen) atoms. The van der Waals surface area contributed by atoms with Gasteiger partial charge in [-0.05, 0) is 32.1 Å². The summed E-state index contributed by atoms with van der Waals surface area (Å²) in [5, 5.41) is 7.92. The van der Waals surface area contributed by atoms with Crippen molar-refractivity contribution >= 4 is 35.1 Å². The fourth-order valence-electron chi connectivity index (χ4n) is 1.44. The number of benzene rings is 1. The molecule has 0 aliphatic rings. The van der Waals surface area contributed by atoms with Gasteiger partial charge < -0.3 is 14.8 Å². The number of nitrogens with zero attached hydrogens (tertiary/aromatic N) is 1. The van der Waals surface area contributed by atoms with Gasteiger partial charge in [0.15, 0.2) is 16.6 Å². The normalized spacial score (nSPS) is 10.4. The molecule has 0 saturated carbocycles. The Morgan fingerprint density at radius 2 is 2.15 bits per heavy atom. The number of methoxy groups -OCH3 is 1. The highest BCUT2D eigenvalue weighted by molar-refractivity contribution is 7.80. The van der Waals surface area contributed by atoms with Gasteiger partial charge >= 0.3 is 0 Å².